The fraction of sp³-hybridized carbons (Fsp3) is 1.00. The van der Waals surface area contributed by atoms with Crippen molar-refractivity contribution in [3.05, 3.63) is 0 Å². The van der Waals surface area contributed by atoms with Crippen LogP contribution in [-0.2, 0) is 13.6 Å². The zero-order valence-corrected chi connectivity index (χ0v) is 11.6. The van der Waals surface area contributed by atoms with E-state index in [1.807, 2.05) is 0 Å². The minimum atomic E-state index is -4.87. The summed E-state index contributed by atoms with van der Waals surface area (Å²) in [5.41, 5.74) is 0. The summed E-state index contributed by atoms with van der Waals surface area (Å²) in [6.07, 6.45) is -13.0. The van der Waals surface area contributed by atoms with Crippen molar-refractivity contribution in [2.75, 3.05) is 13.2 Å². The normalized spacial score (nSPS) is 41.5. The summed E-state index contributed by atoms with van der Waals surface area (Å²) in [6, 6.07) is 0. The fourth-order valence-electron chi connectivity index (χ4n) is 1.74. The van der Waals surface area contributed by atoms with Crippen molar-refractivity contribution < 1.29 is 54.3 Å². The van der Waals surface area contributed by atoms with Crippen LogP contribution in [0.25, 0.3) is 0 Å². The van der Waals surface area contributed by atoms with Gasteiger partial charge in [0.05, 0.1) is 13.2 Å². The van der Waals surface area contributed by atoms with Crippen LogP contribution >= 0.6 is 7.82 Å². The highest BCUT2D eigenvalue weighted by Crippen LogP contribution is 2.46. The van der Waals surface area contributed by atoms with Crippen LogP contribution in [0.15, 0.2) is 0 Å². The molecule has 8 N–H and O–H groups in total. The summed E-state index contributed by atoms with van der Waals surface area (Å²) >= 11 is 0. The maximum atomic E-state index is 11.6. The van der Waals surface area contributed by atoms with E-state index in [0.717, 1.165) is 0 Å². The molecule has 0 radical (unpaired) electrons. The zero-order valence-electron chi connectivity index (χ0n) is 10.7. The van der Waals surface area contributed by atoms with Crippen LogP contribution < -0.4 is 0 Å². The van der Waals surface area contributed by atoms with Gasteiger partial charge in [-0.2, -0.15) is 0 Å². The zero-order chi connectivity index (χ0) is 16.4. The molecular weight excluding hydrogens is 315 g/mol. The second-order valence-electron chi connectivity index (χ2n) is 4.62. The summed E-state index contributed by atoms with van der Waals surface area (Å²) in [6.45, 7) is -1.50. The van der Waals surface area contributed by atoms with Crippen LogP contribution in [0.5, 0.6) is 0 Å². The molecule has 12 heteroatoms. The molecule has 0 bridgehead atoms. The molecule has 3 unspecified atom stereocenters. The van der Waals surface area contributed by atoms with Crippen LogP contribution in [0, 0.1) is 0 Å². The van der Waals surface area contributed by atoms with Crippen LogP contribution in [0.1, 0.15) is 0 Å². The summed E-state index contributed by atoms with van der Waals surface area (Å²) in [5.74, 6) is 0. The highest BCUT2D eigenvalue weighted by atomic mass is 31.2. The molecule has 0 saturated heterocycles. The first-order valence-electron chi connectivity index (χ1n) is 5.95. The van der Waals surface area contributed by atoms with Gasteiger partial charge in [-0.15, -0.1) is 0 Å². The molecule has 126 valence electrons. The van der Waals surface area contributed by atoms with Gasteiger partial charge in [-0.05, 0) is 0 Å². The second-order valence-corrected chi connectivity index (χ2v) is 6.03. The third-order valence-electron chi connectivity index (χ3n) is 2.97. The number of phosphoric acid groups is 1. The average molecular weight is 334 g/mol. The topological polar surface area (TPSA) is 197 Å². The van der Waals surface area contributed by atoms with Crippen molar-refractivity contribution in [2.24, 2.45) is 0 Å². The van der Waals surface area contributed by atoms with E-state index in [-0.39, 0.29) is 0 Å². The van der Waals surface area contributed by atoms with Crippen molar-refractivity contribution in [3.63, 3.8) is 0 Å². The molecule has 0 heterocycles. The van der Waals surface area contributed by atoms with Gasteiger partial charge in [-0.1, -0.05) is 0 Å². The number of aliphatic hydroxyl groups is 7. The number of hydrogen-bond acceptors (Lipinski definition) is 10. The Morgan fingerprint density at radius 2 is 1.38 bits per heavy atom. The third-order valence-corrected chi connectivity index (χ3v) is 3.95. The van der Waals surface area contributed by atoms with Gasteiger partial charge in [-0.3, -0.25) is 9.05 Å². The van der Waals surface area contributed by atoms with Crippen LogP contribution in [0.3, 0.4) is 0 Å². The summed E-state index contributed by atoms with van der Waals surface area (Å²) in [5, 5.41) is 64.8. The Labute approximate surface area is 119 Å². The molecule has 1 aliphatic carbocycles. The maximum absolute atomic E-state index is 11.6. The van der Waals surface area contributed by atoms with Gasteiger partial charge in [-0.25, -0.2) is 4.57 Å². The van der Waals surface area contributed by atoms with Gasteiger partial charge < -0.3 is 40.6 Å². The van der Waals surface area contributed by atoms with Gasteiger partial charge in [0.15, 0.2) is 0 Å². The summed E-state index contributed by atoms with van der Waals surface area (Å²) in [7, 11) is -4.87. The molecule has 1 rings (SSSR count). The minimum absolute atomic E-state index is 0.738. The molecule has 1 aliphatic rings. The van der Waals surface area contributed by atoms with E-state index < -0.39 is 63.8 Å². The Hall–Kier alpha value is -0.170. The summed E-state index contributed by atoms with van der Waals surface area (Å²) in [4.78, 5) is 9.36. The molecule has 0 aliphatic heterocycles. The molecular formula is C9H19O11P. The lowest BCUT2D eigenvalue weighted by atomic mass is 9.85. The van der Waals surface area contributed by atoms with Gasteiger partial charge in [0.1, 0.15) is 42.7 Å². The van der Waals surface area contributed by atoms with Gasteiger partial charge in [0.2, 0.25) is 0 Å². The average Bonchev–Trinajstić information content (AvgIpc) is 2.45. The van der Waals surface area contributed by atoms with E-state index in [1.165, 1.54) is 0 Å². The Morgan fingerprint density at radius 1 is 0.952 bits per heavy atom. The quantitative estimate of drug-likeness (QED) is 0.218. The highest BCUT2D eigenvalue weighted by Gasteiger charge is 2.51. The van der Waals surface area contributed by atoms with Crippen LogP contribution in [0.4, 0.5) is 0 Å². The van der Waals surface area contributed by atoms with Crippen molar-refractivity contribution in [1.82, 2.24) is 0 Å². The van der Waals surface area contributed by atoms with Crippen molar-refractivity contribution in [1.29, 1.82) is 0 Å². The van der Waals surface area contributed by atoms with Gasteiger partial charge >= 0.3 is 7.82 Å². The maximum Gasteiger partial charge on any atom is 0.472 e. The van der Waals surface area contributed by atoms with E-state index in [9.17, 15) is 35.0 Å². The van der Waals surface area contributed by atoms with E-state index in [1.54, 1.807) is 0 Å². The number of rotatable bonds is 6. The largest absolute Gasteiger partial charge is 0.472 e. The molecule has 0 amide bonds. The van der Waals surface area contributed by atoms with Crippen molar-refractivity contribution >= 4 is 7.82 Å². The van der Waals surface area contributed by atoms with E-state index in [4.69, 9.17) is 10.2 Å². The summed E-state index contributed by atoms with van der Waals surface area (Å²) < 4.78 is 20.3. The highest BCUT2D eigenvalue weighted by molar-refractivity contribution is 7.47. The van der Waals surface area contributed by atoms with E-state index in [2.05, 4.69) is 9.05 Å². The van der Waals surface area contributed by atoms with Gasteiger partial charge in [0, 0.05) is 0 Å². The first-order valence-corrected chi connectivity index (χ1v) is 7.45. The van der Waals surface area contributed by atoms with Crippen molar-refractivity contribution in [3.8, 4) is 0 Å². The number of hydrogen-bond donors (Lipinski definition) is 8. The van der Waals surface area contributed by atoms with E-state index >= 15 is 0 Å². The standard InChI is InChI=1S/C9H19O11P/c10-1-3(11)2-19-21(17,18)20-9-7(15)5(13)4(12)6(14)8(9)16/h3-16H,1-2H2,(H,17,18)/t3-,4?,5-,6+,7-,8-,9?/m1/s1. The Morgan fingerprint density at radius 3 is 1.81 bits per heavy atom. The number of aliphatic hydroxyl groups excluding tert-OH is 7. The van der Waals surface area contributed by atoms with Crippen LogP contribution in [0.2, 0.25) is 0 Å². The number of phosphoric ester groups is 1. The van der Waals surface area contributed by atoms with Gasteiger partial charge in [0.25, 0.3) is 0 Å². The molecule has 0 aromatic heterocycles. The molecule has 1 saturated carbocycles. The molecule has 8 atom stereocenters. The van der Waals surface area contributed by atoms with Crippen LogP contribution in [-0.4, -0.2) is 96.6 Å². The minimum Gasteiger partial charge on any atom is -0.394 e. The molecule has 11 nitrogen and oxygen atoms in total. The molecule has 21 heavy (non-hydrogen) atoms. The fourth-order valence-corrected chi connectivity index (χ4v) is 2.72. The molecule has 0 aromatic carbocycles. The van der Waals surface area contributed by atoms with Crippen molar-refractivity contribution in [2.45, 2.75) is 42.7 Å². The predicted molar refractivity (Wildman–Crippen MR) is 63.8 cm³/mol. The van der Waals surface area contributed by atoms with E-state index in [0.29, 0.717) is 0 Å². The third kappa shape index (κ3) is 4.65. The lowest BCUT2D eigenvalue weighted by Crippen LogP contribution is -2.64. The first kappa shape index (κ1) is 18.9. The Bertz CT molecular complexity index is 363. The predicted octanol–water partition coefficient (Wildman–Crippen LogP) is -4.34. The Kier molecular flexibility index (Phi) is 6.65. The lowest BCUT2D eigenvalue weighted by Gasteiger charge is -2.41. The monoisotopic (exact) mass is 334 g/mol. The second kappa shape index (κ2) is 7.40. The SMILES string of the molecule is O=P(O)(OC[C@H](O)CO)OC1[C@H](O)[C@H](O)C(O)[C@H](O)[C@H]1O. The molecule has 1 fully saturated rings. The molecule has 0 aromatic rings. The first-order chi connectivity index (χ1) is 9.60. The Balaban J connectivity index is 2.72. The molecule has 0 spiro atoms. The lowest BCUT2D eigenvalue weighted by molar-refractivity contribution is -0.220. The smallest absolute Gasteiger partial charge is 0.394 e.